The average Bonchev–Trinajstić information content (AvgIpc) is 3.00. The van der Waals surface area contributed by atoms with Crippen LogP contribution in [0, 0.1) is 17.8 Å². The third-order valence-corrected chi connectivity index (χ3v) is 12.3. The van der Waals surface area contributed by atoms with Gasteiger partial charge in [-0.3, -0.25) is 4.79 Å². The molecular formula is C28H43NO5Si. The number of rotatable bonds is 10. The number of amides is 1. The molecule has 6 nitrogen and oxygen atoms in total. The first-order valence-electron chi connectivity index (χ1n) is 12.8. The molecule has 2 aliphatic heterocycles. The molecule has 4 unspecified atom stereocenters. The van der Waals surface area contributed by atoms with Gasteiger partial charge in [-0.25, -0.2) is 4.79 Å². The van der Waals surface area contributed by atoms with E-state index in [1.54, 1.807) is 4.90 Å². The number of benzene rings is 1. The molecule has 1 fully saturated rings. The molecule has 7 heteroatoms. The first-order chi connectivity index (χ1) is 16.3. The minimum Gasteiger partial charge on any atom is -0.456 e. The normalized spacial score (nSPS) is 23.4. The van der Waals surface area contributed by atoms with Crippen molar-refractivity contribution in [2.45, 2.75) is 85.4 Å². The van der Waals surface area contributed by atoms with Gasteiger partial charge in [0.15, 0.2) is 8.32 Å². The van der Waals surface area contributed by atoms with Crippen LogP contribution in [0.1, 0.15) is 54.0 Å². The molecule has 1 amide bonds. The zero-order valence-corrected chi connectivity index (χ0v) is 23.9. The summed E-state index contributed by atoms with van der Waals surface area (Å²) in [6.07, 6.45) is -0.218. The number of nitrogens with zero attached hydrogens (tertiary/aromatic N) is 1. The maximum Gasteiger partial charge on any atom is 0.355 e. The molecule has 1 aromatic carbocycles. The lowest BCUT2D eigenvalue weighted by molar-refractivity contribution is -0.163. The van der Waals surface area contributed by atoms with Gasteiger partial charge >= 0.3 is 5.97 Å². The van der Waals surface area contributed by atoms with E-state index in [1.807, 2.05) is 37.3 Å². The second-order valence-electron chi connectivity index (χ2n) is 11.9. The van der Waals surface area contributed by atoms with Crippen LogP contribution in [0.2, 0.25) is 18.1 Å². The highest BCUT2D eigenvalue weighted by Crippen LogP contribution is 2.49. The van der Waals surface area contributed by atoms with Gasteiger partial charge in [-0.05, 0) is 42.1 Å². The SMILES string of the molecule is CC(C)COCC1=C(C(=O)OCc2ccccc2)N2C(=O)C(C(C)O[Si](C)(C)C(C)(C)C)C2C1C. The Hall–Kier alpha value is -1.96. The van der Waals surface area contributed by atoms with E-state index in [1.165, 1.54) is 0 Å². The van der Waals surface area contributed by atoms with Crippen molar-refractivity contribution in [3.63, 3.8) is 0 Å². The minimum atomic E-state index is -2.05. The fourth-order valence-electron chi connectivity index (χ4n) is 4.72. The van der Waals surface area contributed by atoms with Gasteiger partial charge < -0.3 is 18.8 Å². The molecule has 0 saturated carbocycles. The number of ether oxygens (including phenoxy) is 2. The quantitative estimate of drug-likeness (QED) is 0.239. The topological polar surface area (TPSA) is 65.1 Å². The van der Waals surface area contributed by atoms with Crippen molar-refractivity contribution in [3.05, 3.63) is 47.2 Å². The Morgan fingerprint density at radius 2 is 1.71 bits per heavy atom. The second kappa shape index (κ2) is 10.6. The largest absolute Gasteiger partial charge is 0.456 e. The summed E-state index contributed by atoms with van der Waals surface area (Å²) in [4.78, 5) is 28.4. The molecule has 0 bridgehead atoms. The lowest BCUT2D eigenvalue weighted by Gasteiger charge is -2.50. The summed E-state index contributed by atoms with van der Waals surface area (Å²) in [6.45, 7) is 20.4. The smallest absolute Gasteiger partial charge is 0.355 e. The lowest BCUT2D eigenvalue weighted by Crippen LogP contribution is -2.65. The summed E-state index contributed by atoms with van der Waals surface area (Å²) in [6, 6.07) is 9.47. The van der Waals surface area contributed by atoms with Crippen LogP contribution in [-0.4, -0.2) is 50.5 Å². The van der Waals surface area contributed by atoms with Crippen molar-refractivity contribution < 1.29 is 23.5 Å². The van der Waals surface area contributed by atoms with E-state index in [-0.39, 0.29) is 41.5 Å². The molecule has 1 aromatic rings. The minimum absolute atomic E-state index is 0.00500. The van der Waals surface area contributed by atoms with Crippen molar-refractivity contribution in [1.29, 1.82) is 0 Å². The third kappa shape index (κ3) is 5.73. The van der Waals surface area contributed by atoms with Gasteiger partial charge in [0.05, 0.1) is 24.7 Å². The van der Waals surface area contributed by atoms with Crippen molar-refractivity contribution >= 4 is 20.2 Å². The monoisotopic (exact) mass is 501 g/mol. The summed E-state index contributed by atoms with van der Waals surface area (Å²) in [7, 11) is -2.05. The molecule has 4 atom stereocenters. The van der Waals surface area contributed by atoms with Crippen LogP contribution in [0.3, 0.4) is 0 Å². The Morgan fingerprint density at radius 1 is 1.09 bits per heavy atom. The number of β-lactam (4-membered cyclic amide) rings is 1. The highest BCUT2D eigenvalue weighted by molar-refractivity contribution is 6.74. The maximum absolute atomic E-state index is 13.5. The van der Waals surface area contributed by atoms with Gasteiger partial charge in [0.1, 0.15) is 12.3 Å². The number of hydrogen-bond acceptors (Lipinski definition) is 5. The molecule has 3 rings (SSSR count). The zero-order chi connectivity index (χ0) is 26.1. The summed E-state index contributed by atoms with van der Waals surface area (Å²) >= 11 is 0. The molecule has 35 heavy (non-hydrogen) atoms. The Labute approximate surface area is 212 Å². The Balaban J connectivity index is 1.81. The summed E-state index contributed by atoms with van der Waals surface area (Å²) in [5.41, 5.74) is 2.12. The van der Waals surface area contributed by atoms with E-state index >= 15 is 0 Å². The predicted octanol–water partition coefficient (Wildman–Crippen LogP) is 5.54. The number of carbonyl (C=O) groups excluding carboxylic acids is 2. The van der Waals surface area contributed by atoms with E-state index < -0.39 is 14.3 Å². The Bertz CT molecular complexity index is 950. The second-order valence-corrected chi connectivity index (χ2v) is 16.7. The summed E-state index contributed by atoms with van der Waals surface area (Å²) in [5, 5.41) is 0.0511. The standard InChI is InChI=1S/C28H43NO5Si/c1-18(2)15-32-17-22-19(3)24-23(20(4)34-35(8,9)28(5,6)7)26(30)29(24)25(22)27(31)33-16-21-13-11-10-12-14-21/h10-14,18-20,23-24H,15-17H2,1-9H3. The highest BCUT2D eigenvalue weighted by atomic mass is 28.4. The van der Waals surface area contributed by atoms with Gasteiger partial charge in [-0.2, -0.15) is 0 Å². The van der Waals surface area contributed by atoms with Crippen molar-refractivity contribution in [2.75, 3.05) is 13.2 Å². The van der Waals surface area contributed by atoms with Gasteiger partial charge in [0, 0.05) is 12.5 Å². The summed E-state index contributed by atoms with van der Waals surface area (Å²) < 4.78 is 18.2. The fraction of sp³-hybridized carbons (Fsp3) is 0.643. The molecule has 2 aliphatic rings. The predicted molar refractivity (Wildman–Crippen MR) is 140 cm³/mol. The zero-order valence-electron chi connectivity index (χ0n) is 22.9. The van der Waals surface area contributed by atoms with Crippen LogP contribution in [-0.2, 0) is 30.1 Å². The molecule has 2 heterocycles. The highest BCUT2D eigenvalue weighted by Gasteiger charge is 2.61. The number of hydrogen-bond donors (Lipinski definition) is 0. The van der Waals surface area contributed by atoms with E-state index in [4.69, 9.17) is 13.9 Å². The number of carbonyl (C=O) groups is 2. The van der Waals surface area contributed by atoms with Crippen molar-refractivity contribution in [1.82, 2.24) is 4.90 Å². The van der Waals surface area contributed by atoms with Crippen LogP contribution in [0.4, 0.5) is 0 Å². The molecule has 1 saturated heterocycles. The maximum atomic E-state index is 13.5. The van der Waals surface area contributed by atoms with E-state index in [9.17, 15) is 9.59 Å². The average molecular weight is 502 g/mol. The Morgan fingerprint density at radius 3 is 2.29 bits per heavy atom. The molecule has 0 radical (unpaired) electrons. The summed E-state index contributed by atoms with van der Waals surface area (Å²) in [5.74, 6) is -0.423. The van der Waals surface area contributed by atoms with Gasteiger partial charge in [-0.15, -0.1) is 0 Å². The number of esters is 1. The molecule has 0 aromatic heterocycles. The molecule has 0 N–H and O–H groups in total. The molecule has 0 aliphatic carbocycles. The van der Waals surface area contributed by atoms with Gasteiger partial charge in [0.2, 0.25) is 5.91 Å². The van der Waals surface area contributed by atoms with Gasteiger partial charge in [0.25, 0.3) is 0 Å². The molecule has 194 valence electrons. The third-order valence-electron chi connectivity index (χ3n) is 7.70. The number of fused-ring (bicyclic) bond motifs is 1. The Kier molecular flexibility index (Phi) is 8.34. The molecular weight excluding hydrogens is 458 g/mol. The van der Waals surface area contributed by atoms with Crippen LogP contribution in [0.5, 0.6) is 0 Å². The van der Waals surface area contributed by atoms with Crippen LogP contribution >= 0.6 is 0 Å². The van der Waals surface area contributed by atoms with Crippen LogP contribution < -0.4 is 0 Å². The lowest BCUT2D eigenvalue weighted by atomic mass is 9.78. The van der Waals surface area contributed by atoms with Crippen LogP contribution in [0.15, 0.2) is 41.6 Å². The van der Waals surface area contributed by atoms with Crippen LogP contribution in [0.25, 0.3) is 0 Å². The molecule has 0 spiro atoms. The van der Waals surface area contributed by atoms with Gasteiger partial charge in [-0.1, -0.05) is 71.9 Å². The van der Waals surface area contributed by atoms with E-state index in [0.29, 0.717) is 24.8 Å². The first-order valence-corrected chi connectivity index (χ1v) is 15.7. The first kappa shape index (κ1) is 27.6. The van der Waals surface area contributed by atoms with Crippen molar-refractivity contribution in [2.24, 2.45) is 17.8 Å². The van der Waals surface area contributed by atoms with E-state index in [0.717, 1.165) is 11.1 Å². The van der Waals surface area contributed by atoms with E-state index in [2.05, 4.69) is 54.6 Å². The van der Waals surface area contributed by atoms with Crippen molar-refractivity contribution in [3.8, 4) is 0 Å². The fourth-order valence-corrected chi connectivity index (χ4v) is 6.15.